The second kappa shape index (κ2) is 8.32. The fraction of sp³-hybridized carbons (Fsp3) is 0.789. The van der Waals surface area contributed by atoms with Gasteiger partial charge in [-0.25, -0.2) is 0 Å². The van der Waals surface area contributed by atoms with Crippen molar-refractivity contribution in [2.75, 3.05) is 33.9 Å². The Balaban J connectivity index is 2.20. The Hall–Kier alpha value is -0.840. The summed E-state index contributed by atoms with van der Waals surface area (Å²) in [6, 6.07) is 0. The lowest BCUT2D eigenvalue weighted by Crippen LogP contribution is -2.46. The summed E-state index contributed by atoms with van der Waals surface area (Å²) in [5, 5.41) is 0. The highest BCUT2D eigenvalue weighted by Gasteiger charge is 2.52. The van der Waals surface area contributed by atoms with Gasteiger partial charge < -0.3 is 14.2 Å². The number of hydrogen-bond donors (Lipinski definition) is 0. The third-order valence-electron chi connectivity index (χ3n) is 4.88. The van der Waals surface area contributed by atoms with E-state index in [1.807, 2.05) is 13.8 Å². The number of hydrogen-bond acceptors (Lipinski definition) is 4. The lowest BCUT2D eigenvalue weighted by Gasteiger charge is -2.39. The Morgan fingerprint density at radius 3 is 2.30 bits per heavy atom. The fourth-order valence-corrected chi connectivity index (χ4v) is 3.73. The van der Waals surface area contributed by atoms with Crippen LogP contribution in [0.25, 0.3) is 0 Å². The van der Waals surface area contributed by atoms with Crippen LogP contribution in [-0.2, 0) is 14.2 Å². The Morgan fingerprint density at radius 1 is 1.17 bits per heavy atom. The lowest BCUT2D eigenvalue weighted by atomic mass is 9.84. The summed E-state index contributed by atoms with van der Waals surface area (Å²) in [5.41, 5.74) is 1.46. The van der Waals surface area contributed by atoms with Gasteiger partial charge in [0, 0.05) is 26.1 Å². The van der Waals surface area contributed by atoms with E-state index >= 15 is 0 Å². The molecular formula is C19H33NO3. The van der Waals surface area contributed by atoms with Crippen LogP contribution in [0, 0.1) is 5.92 Å². The van der Waals surface area contributed by atoms with Gasteiger partial charge in [0.25, 0.3) is 0 Å². The Bertz CT molecular complexity index is 430. The maximum Gasteiger partial charge on any atom is 0.160 e. The van der Waals surface area contributed by atoms with Gasteiger partial charge in [-0.15, -0.1) is 0 Å². The predicted molar refractivity (Wildman–Crippen MR) is 93.2 cm³/mol. The molecule has 4 nitrogen and oxygen atoms in total. The van der Waals surface area contributed by atoms with Gasteiger partial charge in [0.15, 0.2) is 6.29 Å². The maximum absolute atomic E-state index is 5.85. The second-order valence-electron chi connectivity index (χ2n) is 6.55. The maximum atomic E-state index is 5.85. The first kappa shape index (κ1) is 18.5. The first-order valence-corrected chi connectivity index (χ1v) is 9.03. The molecule has 0 heterocycles. The molecule has 0 bridgehead atoms. The highest BCUT2D eigenvalue weighted by Crippen LogP contribution is 2.53. The van der Waals surface area contributed by atoms with Gasteiger partial charge in [-0.1, -0.05) is 6.08 Å². The molecule has 1 fully saturated rings. The zero-order valence-electron chi connectivity index (χ0n) is 15.4. The van der Waals surface area contributed by atoms with Crippen LogP contribution >= 0.6 is 0 Å². The van der Waals surface area contributed by atoms with Crippen LogP contribution in [0.1, 0.15) is 46.5 Å². The summed E-state index contributed by atoms with van der Waals surface area (Å²) in [7, 11) is 4.38. The normalized spacial score (nSPS) is 26.4. The standard InChI is InChI=1S/C19H33NO3/c1-6-21-17-13-16(11-12-18(22-7-2)23-8-3)19(14-17,20(4)5)15-9-10-15/h11,13,15,18H,6-10,12,14H2,1-5H3/b16-11+. The number of likely N-dealkylation sites (N-methyl/N-ethyl adjacent to an activating group) is 1. The summed E-state index contributed by atoms with van der Waals surface area (Å²) in [5.74, 6) is 1.85. The van der Waals surface area contributed by atoms with Gasteiger partial charge in [0.2, 0.25) is 0 Å². The largest absolute Gasteiger partial charge is 0.498 e. The zero-order chi connectivity index (χ0) is 16.9. The van der Waals surface area contributed by atoms with E-state index in [2.05, 4.69) is 38.1 Å². The smallest absolute Gasteiger partial charge is 0.160 e. The van der Waals surface area contributed by atoms with Gasteiger partial charge in [0.1, 0.15) is 0 Å². The van der Waals surface area contributed by atoms with Crippen molar-refractivity contribution >= 4 is 0 Å². The quantitative estimate of drug-likeness (QED) is 0.573. The van der Waals surface area contributed by atoms with E-state index in [1.165, 1.54) is 18.4 Å². The van der Waals surface area contributed by atoms with Crippen LogP contribution in [0.4, 0.5) is 0 Å². The topological polar surface area (TPSA) is 30.9 Å². The molecule has 0 aliphatic heterocycles. The minimum Gasteiger partial charge on any atom is -0.498 e. The summed E-state index contributed by atoms with van der Waals surface area (Å²) in [6.07, 6.45) is 8.79. The molecular weight excluding hydrogens is 290 g/mol. The predicted octanol–water partition coefficient (Wildman–Crippen LogP) is 3.74. The van der Waals surface area contributed by atoms with Gasteiger partial charge in [-0.3, -0.25) is 4.90 Å². The first-order chi connectivity index (χ1) is 11.1. The van der Waals surface area contributed by atoms with Crippen LogP contribution in [0.3, 0.4) is 0 Å². The summed E-state index contributed by atoms with van der Waals surface area (Å²) < 4.78 is 17.2. The van der Waals surface area contributed by atoms with E-state index in [1.54, 1.807) is 0 Å². The molecule has 1 atom stereocenters. The molecule has 0 N–H and O–H groups in total. The Labute approximate surface area is 141 Å². The second-order valence-corrected chi connectivity index (χ2v) is 6.55. The monoisotopic (exact) mass is 323 g/mol. The number of nitrogens with zero attached hydrogens (tertiary/aromatic N) is 1. The molecule has 0 aromatic rings. The average molecular weight is 323 g/mol. The molecule has 0 aromatic carbocycles. The number of ether oxygens (including phenoxy) is 3. The van der Waals surface area contributed by atoms with Crippen LogP contribution < -0.4 is 0 Å². The molecule has 0 radical (unpaired) electrons. The van der Waals surface area contributed by atoms with Gasteiger partial charge in [-0.2, -0.15) is 0 Å². The molecule has 0 spiro atoms. The molecule has 2 rings (SSSR count). The molecule has 1 saturated carbocycles. The highest BCUT2D eigenvalue weighted by atomic mass is 16.7. The van der Waals surface area contributed by atoms with Crippen molar-refractivity contribution in [1.29, 1.82) is 0 Å². The van der Waals surface area contributed by atoms with Crippen molar-refractivity contribution < 1.29 is 14.2 Å². The van der Waals surface area contributed by atoms with E-state index in [-0.39, 0.29) is 11.8 Å². The van der Waals surface area contributed by atoms with Crippen LogP contribution in [0.2, 0.25) is 0 Å². The average Bonchev–Trinajstić information content (AvgIpc) is 3.29. The molecule has 132 valence electrons. The highest BCUT2D eigenvalue weighted by molar-refractivity contribution is 5.43. The lowest BCUT2D eigenvalue weighted by molar-refractivity contribution is -0.133. The third kappa shape index (κ3) is 4.17. The molecule has 4 heteroatoms. The molecule has 1 unspecified atom stereocenters. The first-order valence-electron chi connectivity index (χ1n) is 9.03. The molecule has 23 heavy (non-hydrogen) atoms. The number of rotatable bonds is 10. The van der Waals surface area contributed by atoms with Crippen molar-refractivity contribution in [3.05, 3.63) is 23.5 Å². The van der Waals surface area contributed by atoms with Crippen molar-refractivity contribution in [3.8, 4) is 0 Å². The van der Waals surface area contributed by atoms with Crippen molar-refractivity contribution in [1.82, 2.24) is 4.90 Å². The minimum absolute atomic E-state index is 0.0908. The molecule has 2 aliphatic rings. The van der Waals surface area contributed by atoms with Crippen LogP contribution in [0.5, 0.6) is 0 Å². The molecule has 2 aliphatic carbocycles. The summed E-state index contributed by atoms with van der Waals surface area (Å²) in [4.78, 5) is 2.38. The van der Waals surface area contributed by atoms with Crippen LogP contribution in [-0.4, -0.2) is 50.6 Å². The SMILES string of the molecule is CCOC1=C/C(=C\CC(OCC)OCC)C(C2CC2)(N(C)C)C1. The Morgan fingerprint density at radius 2 is 1.83 bits per heavy atom. The van der Waals surface area contributed by atoms with Crippen molar-refractivity contribution in [2.45, 2.75) is 58.3 Å². The van der Waals surface area contributed by atoms with Crippen molar-refractivity contribution in [2.24, 2.45) is 5.92 Å². The summed E-state index contributed by atoms with van der Waals surface area (Å²) >= 11 is 0. The van der Waals surface area contributed by atoms with E-state index < -0.39 is 0 Å². The molecule has 0 aromatic heterocycles. The molecule has 0 saturated heterocycles. The van der Waals surface area contributed by atoms with Crippen LogP contribution in [0.15, 0.2) is 23.5 Å². The van der Waals surface area contributed by atoms with E-state index in [0.29, 0.717) is 13.2 Å². The van der Waals surface area contributed by atoms with Gasteiger partial charge >= 0.3 is 0 Å². The Kier molecular flexibility index (Phi) is 6.69. The molecule has 0 amide bonds. The fourth-order valence-electron chi connectivity index (χ4n) is 3.73. The van der Waals surface area contributed by atoms with Crippen molar-refractivity contribution in [3.63, 3.8) is 0 Å². The zero-order valence-corrected chi connectivity index (χ0v) is 15.4. The van der Waals surface area contributed by atoms with E-state index in [9.17, 15) is 0 Å². The third-order valence-corrected chi connectivity index (χ3v) is 4.88. The summed E-state index contributed by atoms with van der Waals surface area (Å²) in [6.45, 7) is 8.15. The van der Waals surface area contributed by atoms with Gasteiger partial charge in [-0.05, 0) is 65.3 Å². The van der Waals surface area contributed by atoms with E-state index in [0.717, 1.165) is 31.1 Å². The van der Waals surface area contributed by atoms with E-state index in [4.69, 9.17) is 14.2 Å². The van der Waals surface area contributed by atoms with Gasteiger partial charge in [0.05, 0.1) is 17.9 Å². The minimum atomic E-state index is -0.152.